The van der Waals surface area contributed by atoms with Crippen LogP contribution in [-0.4, -0.2) is 50.4 Å². The highest BCUT2D eigenvalue weighted by Crippen LogP contribution is 2.32. The summed E-state index contributed by atoms with van der Waals surface area (Å²) in [5, 5.41) is 3.48. The Hall–Kier alpha value is -3.27. The SMILES string of the molecule is COc1ccc(N(CC(=O)N(Cc2ccccc2Cl)[C@@H](C)C(=O)NC(C)(C)C)S(=O)(=O)c2ccc(C)cc2)cc1Cl. The Morgan fingerprint density at radius 2 is 1.61 bits per heavy atom. The first kappa shape index (κ1) is 32.2. The number of nitrogens with one attached hydrogen (secondary N) is 1. The molecule has 0 saturated heterocycles. The van der Waals surface area contributed by atoms with Crippen molar-refractivity contribution in [3.63, 3.8) is 0 Å². The Kier molecular flexibility index (Phi) is 10.3. The van der Waals surface area contributed by atoms with Crippen molar-refractivity contribution < 1.29 is 22.7 Å². The van der Waals surface area contributed by atoms with Gasteiger partial charge < -0.3 is 15.0 Å². The summed E-state index contributed by atoms with van der Waals surface area (Å²) in [5.41, 5.74) is 1.10. The molecule has 0 heterocycles. The molecule has 2 amide bonds. The molecule has 11 heteroatoms. The molecule has 3 aromatic carbocycles. The zero-order valence-electron chi connectivity index (χ0n) is 23.9. The Bertz CT molecular complexity index is 1510. The molecule has 0 aliphatic heterocycles. The van der Waals surface area contributed by atoms with Crippen LogP contribution in [-0.2, 0) is 26.2 Å². The van der Waals surface area contributed by atoms with Gasteiger partial charge in [0.25, 0.3) is 10.0 Å². The van der Waals surface area contributed by atoms with E-state index in [1.54, 1.807) is 43.3 Å². The van der Waals surface area contributed by atoms with Crippen molar-refractivity contribution in [2.75, 3.05) is 18.0 Å². The molecule has 0 spiro atoms. The number of ether oxygens (including phenoxy) is 1. The molecule has 41 heavy (non-hydrogen) atoms. The van der Waals surface area contributed by atoms with E-state index in [-0.39, 0.29) is 22.2 Å². The monoisotopic (exact) mass is 619 g/mol. The fraction of sp³-hybridized carbons (Fsp3) is 0.333. The predicted molar refractivity (Wildman–Crippen MR) is 163 cm³/mol. The van der Waals surface area contributed by atoms with Gasteiger partial charge in [0.15, 0.2) is 0 Å². The van der Waals surface area contributed by atoms with Crippen molar-refractivity contribution in [3.05, 3.63) is 87.9 Å². The highest BCUT2D eigenvalue weighted by atomic mass is 35.5. The largest absolute Gasteiger partial charge is 0.495 e. The van der Waals surface area contributed by atoms with Crippen LogP contribution < -0.4 is 14.4 Å². The van der Waals surface area contributed by atoms with Gasteiger partial charge in [0.1, 0.15) is 18.3 Å². The molecule has 220 valence electrons. The molecule has 1 N–H and O–H groups in total. The number of nitrogens with zero attached hydrogens (tertiary/aromatic N) is 2. The van der Waals surface area contributed by atoms with Gasteiger partial charge in [-0.3, -0.25) is 13.9 Å². The quantitative estimate of drug-likeness (QED) is 0.308. The maximum absolute atomic E-state index is 14.0. The summed E-state index contributed by atoms with van der Waals surface area (Å²) in [7, 11) is -2.79. The Labute approximate surface area is 252 Å². The molecule has 8 nitrogen and oxygen atoms in total. The summed E-state index contributed by atoms with van der Waals surface area (Å²) >= 11 is 12.8. The number of hydrogen-bond donors (Lipinski definition) is 1. The molecule has 1 atom stereocenters. The minimum absolute atomic E-state index is 0.000909. The Morgan fingerprint density at radius 3 is 2.17 bits per heavy atom. The number of hydrogen-bond acceptors (Lipinski definition) is 5. The molecular formula is C30H35Cl2N3O5S. The van der Waals surface area contributed by atoms with Gasteiger partial charge in [0.05, 0.1) is 22.7 Å². The minimum Gasteiger partial charge on any atom is -0.495 e. The zero-order chi connectivity index (χ0) is 30.5. The highest BCUT2D eigenvalue weighted by molar-refractivity contribution is 7.92. The molecule has 0 fully saturated rings. The van der Waals surface area contributed by atoms with Crippen molar-refractivity contribution in [1.29, 1.82) is 0 Å². The van der Waals surface area contributed by atoms with E-state index in [4.69, 9.17) is 27.9 Å². The van der Waals surface area contributed by atoms with Gasteiger partial charge in [0.2, 0.25) is 11.8 Å². The van der Waals surface area contributed by atoms with Crippen LogP contribution in [0.2, 0.25) is 10.0 Å². The molecule has 0 saturated carbocycles. The number of benzene rings is 3. The normalized spacial score (nSPS) is 12.4. The van der Waals surface area contributed by atoms with E-state index in [1.165, 1.54) is 42.3 Å². The van der Waals surface area contributed by atoms with Gasteiger partial charge in [-0.1, -0.05) is 59.1 Å². The van der Waals surface area contributed by atoms with Crippen LogP contribution in [0.15, 0.2) is 71.6 Å². The molecule has 3 rings (SSSR count). The van der Waals surface area contributed by atoms with Gasteiger partial charge in [-0.2, -0.15) is 0 Å². The summed E-state index contributed by atoms with van der Waals surface area (Å²) < 4.78 is 34.1. The van der Waals surface area contributed by atoms with Crippen LogP contribution in [0.1, 0.15) is 38.8 Å². The van der Waals surface area contributed by atoms with Gasteiger partial charge in [-0.15, -0.1) is 0 Å². The number of halogens is 2. The third kappa shape index (κ3) is 8.15. The van der Waals surface area contributed by atoms with E-state index < -0.39 is 40.0 Å². The number of rotatable bonds is 10. The van der Waals surface area contributed by atoms with E-state index >= 15 is 0 Å². The average molecular weight is 621 g/mol. The van der Waals surface area contributed by atoms with Crippen LogP contribution in [0.3, 0.4) is 0 Å². The van der Waals surface area contributed by atoms with Gasteiger partial charge in [-0.05, 0) is 76.6 Å². The molecule has 3 aromatic rings. The molecule has 0 bridgehead atoms. The van der Waals surface area contributed by atoms with Crippen molar-refractivity contribution >= 4 is 50.7 Å². The van der Waals surface area contributed by atoms with Crippen LogP contribution in [0.5, 0.6) is 5.75 Å². The van der Waals surface area contributed by atoms with E-state index in [0.717, 1.165) is 9.87 Å². The van der Waals surface area contributed by atoms with Crippen LogP contribution in [0.4, 0.5) is 5.69 Å². The number of aryl methyl sites for hydroxylation is 1. The molecule has 0 radical (unpaired) electrons. The fourth-order valence-electron chi connectivity index (χ4n) is 4.04. The highest BCUT2D eigenvalue weighted by Gasteiger charge is 2.34. The number of amides is 2. The van der Waals surface area contributed by atoms with Crippen molar-refractivity contribution in [1.82, 2.24) is 10.2 Å². The lowest BCUT2D eigenvalue weighted by atomic mass is 10.1. The summed E-state index contributed by atoms with van der Waals surface area (Å²) in [6.45, 7) is 8.33. The third-order valence-electron chi connectivity index (χ3n) is 6.28. The smallest absolute Gasteiger partial charge is 0.264 e. The molecule has 0 aliphatic carbocycles. The first-order valence-electron chi connectivity index (χ1n) is 12.9. The summed E-state index contributed by atoms with van der Waals surface area (Å²) in [5.74, 6) is -0.648. The lowest BCUT2D eigenvalue weighted by Gasteiger charge is -2.33. The van der Waals surface area contributed by atoms with Gasteiger partial charge >= 0.3 is 0 Å². The van der Waals surface area contributed by atoms with Crippen molar-refractivity contribution in [2.45, 2.75) is 57.6 Å². The van der Waals surface area contributed by atoms with Crippen LogP contribution in [0.25, 0.3) is 0 Å². The predicted octanol–water partition coefficient (Wildman–Crippen LogP) is 5.84. The fourth-order valence-corrected chi connectivity index (χ4v) is 5.90. The van der Waals surface area contributed by atoms with E-state index in [1.807, 2.05) is 27.7 Å². The maximum Gasteiger partial charge on any atom is 0.264 e. The second-order valence-corrected chi connectivity index (χ2v) is 13.3. The van der Waals surface area contributed by atoms with Crippen molar-refractivity contribution in [3.8, 4) is 5.75 Å². The number of carbonyl (C=O) groups is 2. The maximum atomic E-state index is 14.0. The number of carbonyl (C=O) groups excluding carboxylic acids is 2. The summed E-state index contributed by atoms with van der Waals surface area (Å²) in [6.07, 6.45) is 0. The number of methoxy groups -OCH3 is 1. The lowest BCUT2D eigenvalue weighted by molar-refractivity contribution is -0.140. The average Bonchev–Trinajstić information content (AvgIpc) is 2.90. The summed E-state index contributed by atoms with van der Waals surface area (Å²) in [6, 6.07) is 16.8. The van der Waals surface area contributed by atoms with E-state index in [2.05, 4.69) is 5.32 Å². The lowest BCUT2D eigenvalue weighted by Crippen LogP contribution is -2.54. The van der Waals surface area contributed by atoms with Gasteiger partial charge in [0, 0.05) is 17.1 Å². The van der Waals surface area contributed by atoms with Crippen LogP contribution >= 0.6 is 23.2 Å². The standard InChI is InChI=1S/C30H35Cl2N3O5S/c1-20-11-14-24(15-12-20)41(38,39)35(23-13-16-27(40-6)26(32)17-23)19-28(36)34(18-22-9-7-8-10-25(22)31)21(2)29(37)33-30(3,4)5/h7-17,21H,18-19H2,1-6H3,(H,33,37)/t21-/m0/s1. The van der Waals surface area contributed by atoms with E-state index in [9.17, 15) is 18.0 Å². The zero-order valence-corrected chi connectivity index (χ0v) is 26.3. The van der Waals surface area contributed by atoms with E-state index in [0.29, 0.717) is 16.3 Å². The number of sulfonamides is 1. The molecule has 0 aliphatic rings. The topological polar surface area (TPSA) is 96.0 Å². The third-order valence-corrected chi connectivity index (χ3v) is 8.73. The Balaban J connectivity index is 2.09. The molecule has 0 unspecified atom stereocenters. The van der Waals surface area contributed by atoms with Gasteiger partial charge in [-0.25, -0.2) is 8.42 Å². The molecule has 0 aromatic heterocycles. The summed E-state index contributed by atoms with van der Waals surface area (Å²) in [4.78, 5) is 28.6. The number of anilines is 1. The second-order valence-electron chi connectivity index (χ2n) is 10.7. The molecular weight excluding hydrogens is 585 g/mol. The first-order valence-corrected chi connectivity index (χ1v) is 15.1. The second kappa shape index (κ2) is 13.1. The van der Waals surface area contributed by atoms with Crippen LogP contribution in [0, 0.1) is 6.92 Å². The van der Waals surface area contributed by atoms with Crippen molar-refractivity contribution in [2.24, 2.45) is 0 Å². The minimum atomic E-state index is -4.23. The first-order chi connectivity index (χ1) is 19.1. The Morgan fingerprint density at radius 1 is 0.976 bits per heavy atom.